The number of nitriles is 1. The Kier molecular flexibility index (Phi) is 3.39. The predicted molar refractivity (Wildman–Crippen MR) is 72.0 cm³/mol. The number of hydrogen-bond donors (Lipinski definition) is 2. The van der Waals surface area contributed by atoms with Crippen molar-refractivity contribution in [1.82, 2.24) is 9.97 Å². The van der Waals surface area contributed by atoms with Crippen LogP contribution in [-0.4, -0.2) is 9.97 Å². The quantitative estimate of drug-likeness (QED) is 0.821. The van der Waals surface area contributed by atoms with E-state index in [4.69, 9.17) is 5.26 Å². The Morgan fingerprint density at radius 2 is 2.06 bits per heavy atom. The summed E-state index contributed by atoms with van der Waals surface area (Å²) < 4.78 is 0.495. The molecule has 6 heteroatoms. The molecule has 0 amide bonds. The van der Waals surface area contributed by atoms with Crippen LogP contribution >= 0.6 is 22.6 Å². The predicted octanol–water partition coefficient (Wildman–Crippen LogP) is 1.99. The summed E-state index contributed by atoms with van der Waals surface area (Å²) in [5.74, 6) is 0.499. The lowest BCUT2D eigenvalue weighted by Crippen LogP contribution is -2.12. The molecule has 0 aliphatic heterocycles. The van der Waals surface area contributed by atoms with Gasteiger partial charge in [-0.05, 0) is 46.9 Å². The van der Waals surface area contributed by atoms with E-state index >= 15 is 0 Å². The number of anilines is 2. The van der Waals surface area contributed by atoms with Crippen LogP contribution in [-0.2, 0) is 0 Å². The molecule has 0 atom stereocenters. The highest BCUT2D eigenvalue weighted by Gasteiger charge is 2.04. The van der Waals surface area contributed by atoms with E-state index in [9.17, 15) is 4.79 Å². The van der Waals surface area contributed by atoms with Crippen LogP contribution in [0.1, 0.15) is 5.56 Å². The summed E-state index contributed by atoms with van der Waals surface area (Å²) in [6.45, 7) is 0. The van der Waals surface area contributed by atoms with E-state index < -0.39 is 0 Å². The molecule has 0 saturated carbocycles. The first kappa shape index (κ1) is 11.6. The number of rotatable bonds is 2. The standard InChI is InChI=1S/C11H7IN4O/c12-9-10(14-6-15-11(9)17)16-8-3-1-7(5-13)2-4-8/h1-4,6H,(H2,14,15,16,17). The van der Waals surface area contributed by atoms with E-state index in [-0.39, 0.29) is 5.56 Å². The minimum atomic E-state index is -0.184. The molecule has 17 heavy (non-hydrogen) atoms. The van der Waals surface area contributed by atoms with E-state index in [0.29, 0.717) is 15.0 Å². The fraction of sp³-hybridized carbons (Fsp3) is 0. The summed E-state index contributed by atoms with van der Waals surface area (Å²) in [5.41, 5.74) is 1.18. The van der Waals surface area contributed by atoms with E-state index in [0.717, 1.165) is 5.69 Å². The minimum absolute atomic E-state index is 0.184. The molecule has 0 saturated heterocycles. The van der Waals surface area contributed by atoms with Crippen molar-refractivity contribution in [1.29, 1.82) is 5.26 Å². The maximum atomic E-state index is 11.3. The van der Waals surface area contributed by atoms with Crippen LogP contribution in [0.3, 0.4) is 0 Å². The van der Waals surface area contributed by atoms with Gasteiger partial charge in [-0.2, -0.15) is 5.26 Å². The minimum Gasteiger partial charge on any atom is -0.339 e. The van der Waals surface area contributed by atoms with E-state index in [1.54, 1.807) is 24.3 Å². The fourth-order valence-corrected chi connectivity index (χ4v) is 1.66. The smallest absolute Gasteiger partial charge is 0.266 e. The van der Waals surface area contributed by atoms with Gasteiger partial charge in [0.05, 0.1) is 18.0 Å². The number of aromatic nitrogens is 2. The van der Waals surface area contributed by atoms with Gasteiger partial charge in [0, 0.05) is 5.69 Å². The molecule has 84 valence electrons. The molecule has 0 aliphatic rings. The maximum Gasteiger partial charge on any atom is 0.266 e. The second-order valence-electron chi connectivity index (χ2n) is 3.21. The van der Waals surface area contributed by atoms with Gasteiger partial charge in [-0.15, -0.1) is 0 Å². The van der Waals surface area contributed by atoms with Gasteiger partial charge in [0.15, 0.2) is 5.82 Å². The third-order valence-electron chi connectivity index (χ3n) is 2.07. The SMILES string of the molecule is N#Cc1ccc(Nc2nc[nH]c(=O)c2I)cc1. The molecular formula is C11H7IN4O. The van der Waals surface area contributed by atoms with Crippen LogP contribution in [0.25, 0.3) is 0 Å². The van der Waals surface area contributed by atoms with Gasteiger partial charge in [-0.1, -0.05) is 0 Å². The first-order valence-corrected chi connectivity index (χ1v) is 5.79. The lowest BCUT2D eigenvalue weighted by molar-refractivity contribution is 1.10. The van der Waals surface area contributed by atoms with Crippen LogP contribution in [0.15, 0.2) is 35.4 Å². The summed E-state index contributed by atoms with van der Waals surface area (Å²) >= 11 is 1.92. The highest BCUT2D eigenvalue weighted by Crippen LogP contribution is 2.17. The lowest BCUT2D eigenvalue weighted by Gasteiger charge is -2.06. The van der Waals surface area contributed by atoms with Crippen LogP contribution < -0.4 is 10.9 Å². The lowest BCUT2D eigenvalue weighted by atomic mass is 10.2. The summed E-state index contributed by atoms with van der Waals surface area (Å²) in [4.78, 5) is 17.9. The highest BCUT2D eigenvalue weighted by molar-refractivity contribution is 14.1. The molecule has 1 aromatic carbocycles. The Morgan fingerprint density at radius 1 is 1.35 bits per heavy atom. The molecular weight excluding hydrogens is 331 g/mol. The second kappa shape index (κ2) is 4.97. The van der Waals surface area contributed by atoms with Crippen molar-refractivity contribution in [2.45, 2.75) is 0 Å². The Labute approximate surface area is 111 Å². The molecule has 1 heterocycles. The molecule has 2 N–H and O–H groups in total. The van der Waals surface area contributed by atoms with Gasteiger partial charge >= 0.3 is 0 Å². The molecule has 2 aromatic rings. The van der Waals surface area contributed by atoms with Crippen molar-refractivity contribution < 1.29 is 0 Å². The Hall–Kier alpha value is -1.88. The summed E-state index contributed by atoms with van der Waals surface area (Å²) in [7, 11) is 0. The highest BCUT2D eigenvalue weighted by atomic mass is 127. The third-order valence-corrected chi connectivity index (χ3v) is 3.07. The van der Waals surface area contributed by atoms with E-state index in [1.165, 1.54) is 6.33 Å². The van der Waals surface area contributed by atoms with Gasteiger partial charge in [0.2, 0.25) is 0 Å². The number of H-pyrrole nitrogens is 1. The van der Waals surface area contributed by atoms with E-state index in [2.05, 4.69) is 15.3 Å². The molecule has 0 unspecified atom stereocenters. The number of nitrogens with one attached hydrogen (secondary N) is 2. The zero-order chi connectivity index (χ0) is 12.3. The summed E-state index contributed by atoms with van der Waals surface area (Å²) in [6, 6.07) is 8.96. The maximum absolute atomic E-state index is 11.3. The average molecular weight is 338 g/mol. The third kappa shape index (κ3) is 2.62. The van der Waals surface area contributed by atoms with Gasteiger partial charge in [0.25, 0.3) is 5.56 Å². The van der Waals surface area contributed by atoms with Crippen LogP contribution in [0.5, 0.6) is 0 Å². The van der Waals surface area contributed by atoms with Gasteiger partial charge in [0.1, 0.15) is 3.57 Å². The first-order chi connectivity index (χ1) is 8.20. The summed E-state index contributed by atoms with van der Waals surface area (Å²) in [6.07, 6.45) is 1.34. The van der Waals surface area contributed by atoms with Crippen molar-refractivity contribution in [3.63, 3.8) is 0 Å². The van der Waals surface area contributed by atoms with Gasteiger partial charge < -0.3 is 10.3 Å². The molecule has 0 fully saturated rings. The van der Waals surface area contributed by atoms with Crippen molar-refractivity contribution in [2.24, 2.45) is 0 Å². The molecule has 2 rings (SSSR count). The van der Waals surface area contributed by atoms with E-state index in [1.807, 2.05) is 28.7 Å². The largest absolute Gasteiger partial charge is 0.339 e. The zero-order valence-electron chi connectivity index (χ0n) is 8.57. The van der Waals surface area contributed by atoms with Crippen molar-refractivity contribution >= 4 is 34.1 Å². The Morgan fingerprint density at radius 3 is 2.71 bits per heavy atom. The second-order valence-corrected chi connectivity index (χ2v) is 4.29. The monoisotopic (exact) mass is 338 g/mol. The van der Waals surface area contributed by atoms with Crippen LogP contribution in [0.2, 0.25) is 0 Å². The molecule has 5 nitrogen and oxygen atoms in total. The first-order valence-electron chi connectivity index (χ1n) is 4.71. The molecule has 0 bridgehead atoms. The molecule has 1 aromatic heterocycles. The molecule has 0 spiro atoms. The Balaban J connectivity index is 2.29. The summed E-state index contributed by atoms with van der Waals surface area (Å²) in [5, 5.41) is 11.7. The fourth-order valence-electron chi connectivity index (χ4n) is 1.23. The number of aromatic amines is 1. The normalized spacial score (nSPS) is 9.65. The molecule has 0 aliphatic carbocycles. The van der Waals surface area contributed by atoms with Crippen molar-refractivity contribution in [2.75, 3.05) is 5.32 Å². The Bertz CT molecular complexity index is 627. The topological polar surface area (TPSA) is 81.6 Å². The zero-order valence-corrected chi connectivity index (χ0v) is 10.7. The van der Waals surface area contributed by atoms with Crippen molar-refractivity contribution in [3.05, 3.63) is 50.1 Å². The van der Waals surface area contributed by atoms with Crippen LogP contribution in [0.4, 0.5) is 11.5 Å². The van der Waals surface area contributed by atoms with Gasteiger partial charge in [-0.3, -0.25) is 4.79 Å². The number of halogens is 1. The van der Waals surface area contributed by atoms with Crippen molar-refractivity contribution in [3.8, 4) is 6.07 Å². The average Bonchev–Trinajstić information content (AvgIpc) is 2.36. The van der Waals surface area contributed by atoms with Crippen LogP contribution in [0, 0.1) is 14.9 Å². The number of nitrogens with zero attached hydrogens (tertiary/aromatic N) is 2. The number of benzene rings is 1. The number of hydrogen-bond acceptors (Lipinski definition) is 4. The molecule has 0 radical (unpaired) electrons. The van der Waals surface area contributed by atoms with Gasteiger partial charge in [-0.25, -0.2) is 4.98 Å².